The minimum atomic E-state index is -0.166. The summed E-state index contributed by atoms with van der Waals surface area (Å²) >= 11 is 0. The Morgan fingerprint density at radius 2 is 2.15 bits per heavy atom. The number of aliphatic hydroxyl groups excluding tert-OH is 1. The number of hydrogen-bond donors (Lipinski definition) is 2. The van der Waals surface area contributed by atoms with Crippen molar-refractivity contribution in [3.05, 3.63) is 0 Å². The number of hydrogen-bond acceptors (Lipinski definition) is 3. The summed E-state index contributed by atoms with van der Waals surface area (Å²) in [6.45, 7) is 4.04. The molecule has 4 atom stereocenters. The van der Waals surface area contributed by atoms with Gasteiger partial charge in [-0.05, 0) is 38.9 Å². The molecule has 1 aliphatic carbocycles. The third-order valence-electron chi connectivity index (χ3n) is 2.94. The Balaban J connectivity index is 2.60. The molecule has 0 radical (unpaired) electrons. The molecular formula is C10H20N2O. The molecule has 13 heavy (non-hydrogen) atoms. The quantitative estimate of drug-likeness (QED) is 0.624. The Kier molecular flexibility index (Phi) is 3.88. The first-order valence-electron chi connectivity index (χ1n) is 5.02. The largest absolute Gasteiger partial charge is 0.393 e. The minimum Gasteiger partial charge on any atom is -0.393 e. The lowest BCUT2D eigenvalue weighted by atomic mass is 9.81. The summed E-state index contributed by atoms with van der Waals surface area (Å²) in [7, 11) is 1.94. The van der Waals surface area contributed by atoms with Crippen LogP contribution in [0.4, 0.5) is 0 Å². The first-order valence-corrected chi connectivity index (χ1v) is 5.02. The predicted molar refractivity (Wildman–Crippen MR) is 55.2 cm³/mol. The molecule has 0 aromatic carbocycles. The van der Waals surface area contributed by atoms with Crippen LogP contribution in [0.5, 0.6) is 0 Å². The summed E-state index contributed by atoms with van der Waals surface area (Å²) in [6.07, 6.45) is 3.50. The lowest BCUT2D eigenvalue weighted by Crippen LogP contribution is -2.46. The molecule has 3 nitrogen and oxygen atoms in total. The second-order valence-electron chi connectivity index (χ2n) is 3.89. The Morgan fingerprint density at radius 3 is 2.69 bits per heavy atom. The van der Waals surface area contributed by atoms with Gasteiger partial charge in [-0.25, -0.2) is 0 Å². The standard InChI is InChI=1S/C10H20N2O/c1-4-12-9-5-7(2)10(13)6-8(9)11-3/h4,7-11,13H,5-6H2,1-3H3/t7-,8-,9?,10+/m0/s1. The van der Waals surface area contributed by atoms with Gasteiger partial charge in [-0.2, -0.15) is 0 Å². The molecule has 3 heteroatoms. The molecule has 0 amide bonds. The van der Waals surface area contributed by atoms with Gasteiger partial charge in [-0.1, -0.05) is 6.92 Å². The summed E-state index contributed by atoms with van der Waals surface area (Å²) in [6, 6.07) is 0.677. The molecule has 0 heterocycles. The van der Waals surface area contributed by atoms with Gasteiger partial charge in [0.15, 0.2) is 0 Å². The van der Waals surface area contributed by atoms with E-state index in [4.69, 9.17) is 0 Å². The molecule has 0 aromatic rings. The van der Waals surface area contributed by atoms with Crippen molar-refractivity contribution in [2.45, 2.75) is 44.9 Å². The van der Waals surface area contributed by atoms with Crippen molar-refractivity contribution in [2.75, 3.05) is 7.05 Å². The number of nitrogens with zero attached hydrogens (tertiary/aromatic N) is 1. The molecule has 1 aliphatic rings. The van der Waals surface area contributed by atoms with Crippen molar-refractivity contribution in [1.82, 2.24) is 5.32 Å². The summed E-state index contributed by atoms with van der Waals surface area (Å²) in [4.78, 5) is 4.42. The number of aliphatic hydroxyl groups is 1. The fourth-order valence-corrected chi connectivity index (χ4v) is 2.02. The van der Waals surface area contributed by atoms with Crippen LogP contribution in [0.25, 0.3) is 0 Å². The molecule has 1 saturated carbocycles. The van der Waals surface area contributed by atoms with Gasteiger partial charge in [0.05, 0.1) is 12.1 Å². The normalized spacial score (nSPS) is 41.2. The van der Waals surface area contributed by atoms with Crippen LogP contribution >= 0.6 is 0 Å². The monoisotopic (exact) mass is 184 g/mol. The van der Waals surface area contributed by atoms with E-state index in [1.54, 1.807) is 0 Å². The molecule has 0 aromatic heterocycles. The van der Waals surface area contributed by atoms with Crippen LogP contribution in [0, 0.1) is 5.92 Å². The average Bonchev–Trinajstić information content (AvgIpc) is 2.11. The maximum absolute atomic E-state index is 9.67. The second-order valence-corrected chi connectivity index (χ2v) is 3.89. The van der Waals surface area contributed by atoms with Crippen molar-refractivity contribution in [3.8, 4) is 0 Å². The van der Waals surface area contributed by atoms with E-state index in [0.717, 1.165) is 12.8 Å². The van der Waals surface area contributed by atoms with Crippen molar-refractivity contribution in [2.24, 2.45) is 10.9 Å². The molecule has 0 spiro atoms. The fraction of sp³-hybridized carbons (Fsp3) is 0.900. The molecule has 1 fully saturated rings. The van der Waals surface area contributed by atoms with Crippen LogP contribution in [-0.4, -0.2) is 36.6 Å². The van der Waals surface area contributed by atoms with E-state index in [2.05, 4.69) is 17.2 Å². The highest BCUT2D eigenvalue weighted by atomic mass is 16.3. The van der Waals surface area contributed by atoms with Crippen LogP contribution in [0.3, 0.4) is 0 Å². The summed E-state index contributed by atoms with van der Waals surface area (Å²) in [5.41, 5.74) is 0. The van der Waals surface area contributed by atoms with Gasteiger partial charge in [0.25, 0.3) is 0 Å². The van der Waals surface area contributed by atoms with E-state index >= 15 is 0 Å². The van der Waals surface area contributed by atoms with Gasteiger partial charge in [-0.15, -0.1) is 0 Å². The highest BCUT2D eigenvalue weighted by molar-refractivity contribution is 5.53. The molecule has 0 saturated heterocycles. The fourth-order valence-electron chi connectivity index (χ4n) is 2.02. The topological polar surface area (TPSA) is 44.6 Å². The minimum absolute atomic E-state index is 0.166. The molecule has 1 unspecified atom stereocenters. The Hall–Kier alpha value is -0.410. The van der Waals surface area contributed by atoms with Crippen LogP contribution in [0.1, 0.15) is 26.7 Å². The van der Waals surface area contributed by atoms with Crippen molar-refractivity contribution >= 4 is 6.21 Å². The SMILES string of the molecule is CC=NC1C[C@H](C)[C@H](O)C[C@@H]1NC. The van der Waals surface area contributed by atoms with Gasteiger partial charge in [0, 0.05) is 6.04 Å². The van der Waals surface area contributed by atoms with Crippen molar-refractivity contribution < 1.29 is 5.11 Å². The zero-order valence-corrected chi connectivity index (χ0v) is 8.70. The second kappa shape index (κ2) is 4.72. The predicted octanol–water partition coefficient (Wildman–Crippen LogP) is 0.824. The van der Waals surface area contributed by atoms with Gasteiger partial charge in [-0.3, -0.25) is 4.99 Å². The van der Waals surface area contributed by atoms with E-state index in [0.29, 0.717) is 18.0 Å². The molecule has 0 bridgehead atoms. The maximum Gasteiger partial charge on any atom is 0.0652 e. The number of nitrogens with one attached hydrogen (secondary N) is 1. The lowest BCUT2D eigenvalue weighted by molar-refractivity contribution is 0.0569. The smallest absolute Gasteiger partial charge is 0.0652 e. The van der Waals surface area contributed by atoms with Crippen molar-refractivity contribution in [1.29, 1.82) is 0 Å². The van der Waals surface area contributed by atoms with E-state index < -0.39 is 0 Å². The van der Waals surface area contributed by atoms with E-state index in [1.165, 1.54) is 0 Å². The van der Waals surface area contributed by atoms with Crippen LogP contribution in [-0.2, 0) is 0 Å². The van der Waals surface area contributed by atoms with Crippen LogP contribution < -0.4 is 5.32 Å². The highest BCUT2D eigenvalue weighted by Gasteiger charge is 2.32. The lowest BCUT2D eigenvalue weighted by Gasteiger charge is -2.35. The van der Waals surface area contributed by atoms with E-state index in [9.17, 15) is 5.11 Å². The van der Waals surface area contributed by atoms with Crippen LogP contribution in [0.15, 0.2) is 4.99 Å². The zero-order chi connectivity index (χ0) is 9.84. The molecule has 2 N–H and O–H groups in total. The third-order valence-corrected chi connectivity index (χ3v) is 2.94. The van der Waals surface area contributed by atoms with Gasteiger partial charge in [0.1, 0.15) is 0 Å². The Bertz CT molecular complexity index is 182. The molecular weight excluding hydrogens is 164 g/mol. The van der Waals surface area contributed by atoms with Crippen LogP contribution in [0.2, 0.25) is 0 Å². The number of rotatable bonds is 2. The van der Waals surface area contributed by atoms with Crippen molar-refractivity contribution in [3.63, 3.8) is 0 Å². The molecule has 76 valence electrons. The third kappa shape index (κ3) is 2.51. The maximum atomic E-state index is 9.67. The van der Waals surface area contributed by atoms with Gasteiger partial charge < -0.3 is 10.4 Å². The summed E-state index contributed by atoms with van der Waals surface area (Å²) in [5, 5.41) is 12.9. The van der Waals surface area contributed by atoms with E-state index in [-0.39, 0.29) is 6.10 Å². The number of aliphatic imine (C=N–C) groups is 1. The average molecular weight is 184 g/mol. The first kappa shape index (κ1) is 10.7. The van der Waals surface area contributed by atoms with E-state index in [1.807, 2.05) is 20.2 Å². The summed E-state index contributed by atoms with van der Waals surface area (Å²) < 4.78 is 0. The van der Waals surface area contributed by atoms with Gasteiger partial charge in [0.2, 0.25) is 0 Å². The number of likely N-dealkylation sites (N-methyl/N-ethyl adjacent to an activating group) is 1. The molecule has 1 rings (SSSR count). The Morgan fingerprint density at radius 1 is 1.46 bits per heavy atom. The highest BCUT2D eigenvalue weighted by Crippen LogP contribution is 2.26. The first-order chi connectivity index (χ1) is 6.19. The summed E-state index contributed by atoms with van der Waals surface area (Å²) in [5.74, 6) is 0.373. The van der Waals surface area contributed by atoms with Gasteiger partial charge >= 0.3 is 0 Å². The zero-order valence-electron chi connectivity index (χ0n) is 8.70. The molecule has 0 aliphatic heterocycles. The Labute approximate surface area is 80.3 Å².